The number of hydrogen-bond acceptors (Lipinski definition) is 3. The summed E-state index contributed by atoms with van der Waals surface area (Å²) in [5, 5.41) is 9.39. The van der Waals surface area contributed by atoms with Crippen LogP contribution >= 0.6 is 0 Å². The molecule has 0 saturated carbocycles. The van der Waals surface area contributed by atoms with Gasteiger partial charge < -0.3 is 5.11 Å². The van der Waals surface area contributed by atoms with Gasteiger partial charge in [-0.3, -0.25) is 0 Å². The van der Waals surface area contributed by atoms with Crippen molar-refractivity contribution in [2.45, 2.75) is 49.8 Å². The molecule has 1 aliphatic heterocycles. The molecule has 1 fully saturated rings. The predicted octanol–water partition coefficient (Wildman–Crippen LogP) is 4.37. The van der Waals surface area contributed by atoms with Crippen LogP contribution in [0.4, 0.5) is 0 Å². The molecule has 1 N–H and O–H groups in total. The first-order valence-electron chi connectivity index (χ1n) is 10.5. The van der Waals surface area contributed by atoms with Crippen molar-refractivity contribution in [2.75, 3.05) is 13.1 Å². The predicted molar refractivity (Wildman–Crippen MR) is 117 cm³/mol. The van der Waals surface area contributed by atoms with E-state index in [4.69, 9.17) is 0 Å². The first-order chi connectivity index (χ1) is 14.4. The summed E-state index contributed by atoms with van der Waals surface area (Å²) >= 11 is 0. The van der Waals surface area contributed by atoms with Gasteiger partial charge in [-0.05, 0) is 79.8 Å². The Kier molecular flexibility index (Phi) is 5.80. The van der Waals surface area contributed by atoms with Crippen LogP contribution in [-0.2, 0) is 21.2 Å². The molecule has 6 heteroatoms. The molecule has 2 aromatic carbocycles. The van der Waals surface area contributed by atoms with Crippen molar-refractivity contribution in [3.05, 3.63) is 70.3 Å². The third-order valence-electron chi connectivity index (χ3n) is 6.28. The number of nitrogens with zero attached hydrogens (tertiary/aromatic N) is 1. The molecule has 0 radical (unpaired) electrons. The van der Waals surface area contributed by atoms with E-state index in [0.717, 1.165) is 36.8 Å². The topological polar surface area (TPSA) is 74.7 Å². The second-order valence-corrected chi connectivity index (χ2v) is 10.2. The van der Waals surface area contributed by atoms with Crippen LogP contribution in [0.1, 0.15) is 53.9 Å². The highest BCUT2D eigenvalue weighted by Gasteiger charge is 2.31. The maximum atomic E-state index is 13.0. The maximum absolute atomic E-state index is 13.0. The smallest absolute Gasteiger partial charge is 0.331 e. The third-order valence-corrected chi connectivity index (χ3v) is 8.19. The number of carboxylic acid groups (broad SMARTS) is 1. The van der Waals surface area contributed by atoms with Gasteiger partial charge in [-0.2, -0.15) is 4.31 Å². The number of fused-ring (bicyclic) bond motifs is 1. The van der Waals surface area contributed by atoms with Crippen LogP contribution in [0.15, 0.2) is 52.9 Å². The van der Waals surface area contributed by atoms with E-state index in [2.05, 4.69) is 6.07 Å². The van der Waals surface area contributed by atoms with E-state index >= 15 is 0 Å². The van der Waals surface area contributed by atoms with Gasteiger partial charge in [0.15, 0.2) is 0 Å². The summed E-state index contributed by atoms with van der Waals surface area (Å²) in [5.41, 5.74) is 4.98. The van der Waals surface area contributed by atoms with Gasteiger partial charge in [0, 0.05) is 18.7 Å². The summed E-state index contributed by atoms with van der Waals surface area (Å²) in [6.07, 6.45) is 5.62. The zero-order chi connectivity index (χ0) is 21.3. The van der Waals surface area contributed by atoms with Gasteiger partial charge in [-0.15, -0.1) is 0 Å². The van der Waals surface area contributed by atoms with Crippen molar-refractivity contribution < 1.29 is 18.3 Å². The monoisotopic (exact) mass is 425 g/mol. The molecular formula is C24H27NO4S. The second kappa shape index (κ2) is 8.36. The maximum Gasteiger partial charge on any atom is 0.331 e. The Hall–Kier alpha value is -2.44. The van der Waals surface area contributed by atoms with E-state index in [9.17, 15) is 18.3 Å². The molecule has 2 aliphatic rings. The van der Waals surface area contributed by atoms with Crippen LogP contribution in [0.3, 0.4) is 0 Å². The van der Waals surface area contributed by atoms with Gasteiger partial charge >= 0.3 is 5.97 Å². The van der Waals surface area contributed by atoms with Gasteiger partial charge in [0.05, 0.1) is 4.90 Å². The lowest BCUT2D eigenvalue weighted by molar-refractivity contribution is -0.132. The molecule has 2 aromatic rings. The fraction of sp³-hybridized carbons (Fsp3) is 0.375. The Morgan fingerprint density at radius 2 is 1.73 bits per heavy atom. The van der Waals surface area contributed by atoms with Crippen molar-refractivity contribution in [1.82, 2.24) is 4.31 Å². The lowest BCUT2D eigenvalue weighted by atomic mass is 9.84. The Balaban J connectivity index is 1.53. The van der Waals surface area contributed by atoms with Crippen molar-refractivity contribution >= 4 is 22.1 Å². The summed E-state index contributed by atoms with van der Waals surface area (Å²) in [6.45, 7) is 2.95. The number of rotatable bonds is 4. The molecule has 0 bridgehead atoms. The van der Waals surface area contributed by atoms with E-state index in [-0.39, 0.29) is 0 Å². The van der Waals surface area contributed by atoms with Crippen LogP contribution in [0.5, 0.6) is 0 Å². The third kappa shape index (κ3) is 4.07. The quantitative estimate of drug-likeness (QED) is 0.789. The number of piperidine rings is 1. The molecule has 0 unspecified atom stereocenters. The largest absolute Gasteiger partial charge is 0.478 e. The van der Waals surface area contributed by atoms with Crippen molar-refractivity contribution in [3.8, 4) is 0 Å². The van der Waals surface area contributed by atoms with Gasteiger partial charge in [-0.25, -0.2) is 13.2 Å². The Bertz CT molecular complexity index is 1080. The Labute approximate surface area is 178 Å². The standard InChI is InChI=1S/C24H27NO4S/c1-17-8-10-21(11-9-17)30(28,29)25-14-12-18(13-15-25)22-6-2-4-19-16-20(24(26)27)5-3-7-23(19)22/h2,4,6,8-11,16,18H,3,5,7,12-15H2,1H3,(H,26,27). The highest BCUT2D eigenvalue weighted by Crippen LogP contribution is 2.36. The Morgan fingerprint density at radius 1 is 1.03 bits per heavy atom. The molecular weight excluding hydrogens is 398 g/mol. The summed E-state index contributed by atoms with van der Waals surface area (Å²) in [4.78, 5) is 11.8. The number of benzene rings is 2. The average molecular weight is 426 g/mol. The minimum Gasteiger partial charge on any atom is -0.478 e. The molecule has 1 heterocycles. The molecule has 5 nitrogen and oxygen atoms in total. The molecule has 4 rings (SSSR count). The lowest BCUT2D eigenvalue weighted by Crippen LogP contribution is -2.38. The highest BCUT2D eigenvalue weighted by molar-refractivity contribution is 7.89. The molecule has 158 valence electrons. The number of aryl methyl sites for hydroxylation is 1. The number of carbonyl (C=O) groups is 1. The van der Waals surface area contributed by atoms with Gasteiger partial charge in [0.25, 0.3) is 0 Å². The van der Waals surface area contributed by atoms with Gasteiger partial charge in [0.1, 0.15) is 0 Å². The van der Waals surface area contributed by atoms with Crippen LogP contribution < -0.4 is 0 Å². The molecule has 0 spiro atoms. The SMILES string of the molecule is Cc1ccc(S(=O)(=O)N2CCC(c3cccc4c3CCCC(C(=O)O)=C4)CC2)cc1. The van der Waals surface area contributed by atoms with Gasteiger partial charge in [-0.1, -0.05) is 35.9 Å². The van der Waals surface area contributed by atoms with Crippen LogP contribution in [-0.4, -0.2) is 36.9 Å². The van der Waals surface area contributed by atoms with Crippen LogP contribution in [0.2, 0.25) is 0 Å². The number of hydrogen-bond donors (Lipinski definition) is 1. The van der Waals surface area contributed by atoms with Crippen LogP contribution in [0.25, 0.3) is 6.08 Å². The molecule has 1 aliphatic carbocycles. The van der Waals surface area contributed by atoms with Crippen molar-refractivity contribution in [3.63, 3.8) is 0 Å². The first kappa shape index (κ1) is 20.8. The number of sulfonamides is 1. The molecule has 0 atom stereocenters. The normalized spacial score (nSPS) is 18.4. The van der Waals surface area contributed by atoms with E-state index in [0.29, 0.717) is 35.9 Å². The fourth-order valence-electron chi connectivity index (χ4n) is 4.58. The molecule has 0 amide bonds. The zero-order valence-electron chi connectivity index (χ0n) is 17.2. The molecule has 0 aromatic heterocycles. The highest BCUT2D eigenvalue weighted by atomic mass is 32.2. The fourth-order valence-corrected chi connectivity index (χ4v) is 6.05. The van der Waals surface area contributed by atoms with Crippen molar-refractivity contribution in [1.29, 1.82) is 0 Å². The summed E-state index contributed by atoms with van der Waals surface area (Å²) in [7, 11) is -3.47. The second-order valence-electron chi connectivity index (χ2n) is 8.23. The van der Waals surface area contributed by atoms with Crippen LogP contribution in [0, 0.1) is 6.92 Å². The first-order valence-corrected chi connectivity index (χ1v) is 11.9. The Morgan fingerprint density at radius 3 is 2.40 bits per heavy atom. The van der Waals surface area contributed by atoms with E-state index < -0.39 is 16.0 Å². The average Bonchev–Trinajstić information content (AvgIpc) is 2.97. The lowest BCUT2D eigenvalue weighted by Gasteiger charge is -2.32. The van der Waals surface area contributed by atoms with Crippen molar-refractivity contribution in [2.24, 2.45) is 0 Å². The summed E-state index contributed by atoms with van der Waals surface area (Å²) < 4.78 is 27.6. The zero-order valence-corrected chi connectivity index (χ0v) is 18.0. The minimum absolute atomic E-state index is 0.296. The molecule has 1 saturated heterocycles. The minimum atomic E-state index is -3.47. The number of carboxylic acids is 1. The van der Waals surface area contributed by atoms with E-state index in [1.807, 2.05) is 37.3 Å². The summed E-state index contributed by atoms with van der Waals surface area (Å²) in [5.74, 6) is -0.549. The number of aliphatic carboxylic acids is 1. The van der Waals surface area contributed by atoms with E-state index in [1.54, 1.807) is 16.4 Å². The van der Waals surface area contributed by atoms with Gasteiger partial charge in [0.2, 0.25) is 10.0 Å². The molecule has 30 heavy (non-hydrogen) atoms. The summed E-state index contributed by atoms with van der Waals surface area (Å²) in [6, 6.07) is 13.1. The van der Waals surface area contributed by atoms with E-state index in [1.165, 1.54) is 11.1 Å².